The quantitative estimate of drug-likeness (QED) is 0.879. The summed E-state index contributed by atoms with van der Waals surface area (Å²) in [5.74, 6) is 2.19. The van der Waals surface area contributed by atoms with Gasteiger partial charge in [0.25, 0.3) is 0 Å². The summed E-state index contributed by atoms with van der Waals surface area (Å²) in [4.78, 5) is 0. The molecule has 90 valence electrons. The van der Waals surface area contributed by atoms with Crippen molar-refractivity contribution in [1.82, 2.24) is 9.78 Å². The standard InChI is InChI=1S/C12H15N3O2/c1-9(13)15-8-12(7-14-15)17-11-5-3-10(16-2)4-6-11/h3-9H,13H2,1-2H3. The summed E-state index contributed by atoms with van der Waals surface area (Å²) in [5, 5.41) is 4.09. The van der Waals surface area contributed by atoms with E-state index in [1.54, 1.807) is 24.2 Å². The van der Waals surface area contributed by atoms with E-state index in [0.29, 0.717) is 5.75 Å². The molecule has 0 saturated carbocycles. The Morgan fingerprint density at radius 1 is 1.18 bits per heavy atom. The van der Waals surface area contributed by atoms with Crippen LogP contribution in [0.15, 0.2) is 36.7 Å². The van der Waals surface area contributed by atoms with E-state index in [-0.39, 0.29) is 6.17 Å². The highest BCUT2D eigenvalue weighted by molar-refractivity contribution is 5.34. The van der Waals surface area contributed by atoms with Crippen molar-refractivity contribution in [2.45, 2.75) is 13.1 Å². The first-order valence-electron chi connectivity index (χ1n) is 5.30. The van der Waals surface area contributed by atoms with Gasteiger partial charge in [-0.15, -0.1) is 0 Å². The van der Waals surface area contributed by atoms with Gasteiger partial charge in [0.05, 0.1) is 25.7 Å². The zero-order valence-corrected chi connectivity index (χ0v) is 9.83. The van der Waals surface area contributed by atoms with Crippen LogP contribution in [0.1, 0.15) is 13.1 Å². The Kier molecular flexibility index (Phi) is 3.30. The number of ether oxygens (including phenoxy) is 2. The van der Waals surface area contributed by atoms with Crippen LogP contribution in [0, 0.1) is 0 Å². The van der Waals surface area contributed by atoms with Crippen LogP contribution in [0.2, 0.25) is 0 Å². The summed E-state index contributed by atoms with van der Waals surface area (Å²) < 4.78 is 12.3. The minimum atomic E-state index is -0.164. The lowest BCUT2D eigenvalue weighted by molar-refractivity contribution is 0.412. The summed E-state index contributed by atoms with van der Waals surface area (Å²) in [5.41, 5.74) is 5.69. The fourth-order valence-electron chi connectivity index (χ4n) is 1.38. The van der Waals surface area contributed by atoms with Crippen molar-refractivity contribution in [2.24, 2.45) is 5.73 Å². The van der Waals surface area contributed by atoms with Crippen LogP contribution in [0.3, 0.4) is 0 Å². The minimum Gasteiger partial charge on any atom is -0.497 e. The van der Waals surface area contributed by atoms with Gasteiger partial charge >= 0.3 is 0 Å². The van der Waals surface area contributed by atoms with Gasteiger partial charge in [-0.25, -0.2) is 0 Å². The van der Waals surface area contributed by atoms with Gasteiger partial charge in [-0.1, -0.05) is 0 Å². The van der Waals surface area contributed by atoms with E-state index in [1.165, 1.54) is 0 Å². The number of rotatable bonds is 4. The number of benzene rings is 1. The fourth-order valence-corrected chi connectivity index (χ4v) is 1.38. The summed E-state index contributed by atoms with van der Waals surface area (Å²) >= 11 is 0. The smallest absolute Gasteiger partial charge is 0.165 e. The fraction of sp³-hybridized carbons (Fsp3) is 0.250. The Bertz CT molecular complexity index is 477. The molecule has 0 aliphatic carbocycles. The molecule has 5 nitrogen and oxygen atoms in total. The van der Waals surface area contributed by atoms with E-state index in [2.05, 4.69) is 5.10 Å². The molecule has 1 heterocycles. The lowest BCUT2D eigenvalue weighted by Gasteiger charge is -2.05. The molecule has 2 N–H and O–H groups in total. The highest BCUT2D eigenvalue weighted by Crippen LogP contribution is 2.23. The normalized spacial score (nSPS) is 12.2. The first kappa shape index (κ1) is 11.5. The molecule has 0 aliphatic rings. The molecule has 1 aromatic carbocycles. The van der Waals surface area contributed by atoms with Crippen LogP contribution in [0.25, 0.3) is 0 Å². The van der Waals surface area contributed by atoms with Crippen molar-refractivity contribution in [3.63, 3.8) is 0 Å². The summed E-state index contributed by atoms with van der Waals surface area (Å²) in [7, 11) is 1.63. The summed E-state index contributed by atoms with van der Waals surface area (Å²) in [6.07, 6.45) is 3.23. The third kappa shape index (κ3) is 2.76. The number of methoxy groups -OCH3 is 1. The Labute approximate surface area is 99.8 Å². The van der Waals surface area contributed by atoms with E-state index < -0.39 is 0 Å². The first-order chi connectivity index (χ1) is 8.19. The number of nitrogens with two attached hydrogens (primary N) is 1. The van der Waals surface area contributed by atoms with Gasteiger partial charge in [-0.05, 0) is 31.2 Å². The zero-order chi connectivity index (χ0) is 12.3. The molecule has 1 aromatic heterocycles. The molecule has 0 amide bonds. The van der Waals surface area contributed by atoms with Gasteiger partial charge in [0, 0.05) is 0 Å². The van der Waals surface area contributed by atoms with E-state index in [4.69, 9.17) is 15.2 Å². The van der Waals surface area contributed by atoms with Crippen LogP contribution in [-0.4, -0.2) is 16.9 Å². The van der Waals surface area contributed by atoms with Crippen molar-refractivity contribution in [3.05, 3.63) is 36.7 Å². The molecule has 5 heteroatoms. The lowest BCUT2D eigenvalue weighted by atomic mass is 10.3. The molecule has 17 heavy (non-hydrogen) atoms. The third-order valence-corrected chi connectivity index (χ3v) is 2.29. The largest absolute Gasteiger partial charge is 0.497 e. The molecular weight excluding hydrogens is 218 g/mol. The molecule has 0 spiro atoms. The first-order valence-corrected chi connectivity index (χ1v) is 5.30. The van der Waals surface area contributed by atoms with E-state index in [1.807, 2.05) is 31.2 Å². The molecule has 2 aromatic rings. The van der Waals surface area contributed by atoms with Crippen LogP contribution < -0.4 is 15.2 Å². The predicted molar refractivity (Wildman–Crippen MR) is 64.2 cm³/mol. The zero-order valence-electron chi connectivity index (χ0n) is 9.83. The van der Waals surface area contributed by atoms with Gasteiger partial charge in [-0.2, -0.15) is 5.10 Å². The van der Waals surface area contributed by atoms with Crippen LogP contribution >= 0.6 is 0 Å². The van der Waals surface area contributed by atoms with E-state index in [9.17, 15) is 0 Å². The Morgan fingerprint density at radius 2 is 1.82 bits per heavy atom. The van der Waals surface area contributed by atoms with Gasteiger partial charge in [-0.3, -0.25) is 4.68 Å². The van der Waals surface area contributed by atoms with Crippen LogP contribution in [-0.2, 0) is 0 Å². The maximum absolute atomic E-state index is 5.69. The molecule has 0 bridgehead atoms. The molecule has 2 rings (SSSR count). The van der Waals surface area contributed by atoms with Crippen molar-refractivity contribution in [1.29, 1.82) is 0 Å². The molecule has 0 radical (unpaired) electrons. The number of hydrogen-bond donors (Lipinski definition) is 1. The monoisotopic (exact) mass is 233 g/mol. The highest BCUT2D eigenvalue weighted by atomic mass is 16.5. The Morgan fingerprint density at radius 3 is 2.35 bits per heavy atom. The van der Waals surface area contributed by atoms with Gasteiger partial charge in [0.15, 0.2) is 5.75 Å². The van der Waals surface area contributed by atoms with E-state index >= 15 is 0 Å². The molecule has 0 aliphatic heterocycles. The van der Waals surface area contributed by atoms with Gasteiger partial charge in [0.2, 0.25) is 0 Å². The highest BCUT2D eigenvalue weighted by Gasteiger charge is 2.03. The number of aromatic nitrogens is 2. The van der Waals surface area contributed by atoms with Gasteiger partial charge < -0.3 is 15.2 Å². The van der Waals surface area contributed by atoms with Crippen molar-refractivity contribution >= 4 is 0 Å². The summed E-state index contributed by atoms with van der Waals surface area (Å²) in [6.45, 7) is 1.85. The third-order valence-electron chi connectivity index (χ3n) is 2.29. The molecular formula is C12H15N3O2. The molecule has 1 atom stereocenters. The number of nitrogens with zero attached hydrogens (tertiary/aromatic N) is 2. The Hall–Kier alpha value is -2.01. The lowest BCUT2D eigenvalue weighted by Crippen LogP contribution is -2.14. The second-order valence-electron chi connectivity index (χ2n) is 3.67. The summed E-state index contributed by atoms with van der Waals surface area (Å²) in [6, 6.07) is 7.35. The molecule has 1 unspecified atom stereocenters. The average molecular weight is 233 g/mol. The van der Waals surface area contributed by atoms with Gasteiger partial charge in [0.1, 0.15) is 11.5 Å². The molecule has 0 fully saturated rings. The average Bonchev–Trinajstić information content (AvgIpc) is 2.79. The van der Waals surface area contributed by atoms with Crippen molar-refractivity contribution in [3.8, 4) is 17.2 Å². The predicted octanol–water partition coefficient (Wildman–Crippen LogP) is 2.16. The second-order valence-corrected chi connectivity index (χ2v) is 3.67. The Balaban J connectivity index is 2.08. The second kappa shape index (κ2) is 4.88. The van der Waals surface area contributed by atoms with Crippen LogP contribution in [0.5, 0.6) is 17.2 Å². The van der Waals surface area contributed by atoms with Crippen molar-refractivity contribution in [2.75, 3.05) is 7.11 Å². The SMILES string of the molecule is COc1ccc(Oc2cnn(C(C)N)c2)cc1. The van der Waals surface area contributed by atoms with Crippen molar-refractivity contribution < 1.29 is 9.47 Å². The topological polar surface area (TPSA) is 62.3 Å². The van der Waals surface area contributed by atoms with E-state index in [0.717, 1.165) is 11.5 Å². The van der Waals surface area contributed by atoms with Crippen LogP contribution in [0.4, 0.5) is 0 Å². The maximum Gasteiger partial charge on any atom is 0.165 e. The minimum absolute atomic E-state index is 0.164. The molecule has 0 saturated heterocycles. The maximum atomic E-state index is 5.69. The number of hydrogen-bond acceptors (Lipinski definition) is 4.